The Morgan fingerprint density at radius 1 is 1.47 bits per heavy atom. The maximum atomic E-state index is 13.3. The number of hydrogen-bond donors (Lipinski definition) is 1. The van der Waals surface area contributed by atoms with Crippen LogP contribution < -0.4 is 0 Å². The van der Waals surface area contributed by atoms with E-state index in [0.29, 0.717) is 5.56 Å². The van der Waals surface area contributed by atoms with Gasteiger partial charge in [0.2, 0.25) is 0 Å². The molecule has 2 unspecified atom stereocenters. The molecule has 1 aromatic rings. The number of halogens is 2. The number of carbonyl (C=O) groups is 1. The Morgan fingerprint density at radius 2 is 2.07 bits per heavy atom. The van der Waals surface area contributed by atoms with Crippen LogP contribution >= 0.6 is 11.6 Å². The Morgan fingerprint density at radius 3 is 2.53 bits per heavy atom. The van der Waals surface area contributed by atoms with Crippen molar-refractivity contribution in [3.05, 3.63) is 34.3 Å². The predicted molar refractivity (Wildman–Crippen MR) is 57.0 cm³/mol. The Kier molecular flexibility index (Phi) is 3.69. The molecule has 0 radical (unpaired) electrons. The van der Waals surface area contributed by atoms with Crippen molar-refractivity contribution in [1.82, 2.24) is 0 Å². The second-order valence-corrected chi connectivity index (χ2v) is 3.83. The third kappa shape index (κ3) is 2.48. The van der Waals surface area contributed by atoms with Gasteiger partial charge in [-0.2, -0.15) is 0 Å². The molecule has 0 aliphatic heterocycles. The van der Waals surface area contributed by atoms with Crippen LogP contribution in [0.25, 0.3) is 0 Å². The highest BCUT2D eigenvalue weighted by molar-refractivity contribution is 6.31. The predicted octanol–water partition coefficient (Wildman–Crippen LogP) is 3.56. The third-order valence-corrected chi connectivity index (χ3v) is 2.65. The van der Waals surface area contributed by atoms with Crippen LogP contribution in [-0.4, -0.2) is 11.1 Å². The molecule has 2 atom stereocenters. The Hall–Kier alpha value is -1.09. The molecule has 0 spiro atoms. The highest BCUT2D eigenvalue weighted by Gasteiger charge is 2.21. The fourth-order valence-corrected chi connectivity index (χ4v) is 1.82. The van der Waals surface area contributed by atoms with E-state index in [-0.39, 0.29) is 10.6 Å². The lowest BCUT2D eigenvalue weighted by atomic mass is 9.94. The van der Waals surface area contributed by atoms with Gasteiger partial charge in [-0.05, 0) is 25.5 Å². The minimum absolute atomic E-state index is 0.272. The summed E-state index contributed by atoms with van der Waals surface area (Å²) in [5.74, 6) is -1.74. The first kappa shape index (κ1) is 12.0. The van der Waals surface area contributed by atoms with Gasteiger partial charge in [-0.15, -0.1) is 0 Å². The first-order chi connectivity index (χ1) is 6.95. The zero-order chi connectivity index (χ0) is 11.6. The van der Waals surface area contributed by atoms with Gasteiger partial charge in [-0.1, -0.05) is 23.7 Å². The summed E-state index contributed by atoms with van der Waals surface area (Å²) in [5.41, 5.74) is 0.707. The molecular formula is C11H12ClFO2. The Bertz CT molecular complexity index is 377. The van der Waals surface area contributed by atoms with Gasteiger partial charge in [0.05, 0.1) is 5.92 Å². The van der Waals surface area contributed by atoms with Crippen molar-refractivity contribution in [3.63, 3.8) is 0 Å². The molecule has 0 aliphatic rings. The second kappa shape index (κ2) is 4.62. The molecule has 0 aliphatic carbocycles. The monoisotopic (exact) mass is 230 g/mol. The molecule has 1 rings (SSSR count). The zero-order valence-corrected chi connectivity index (χ0v) is 9.25. The van der Waals surface area contributed by atoms with Gasteiger partial charge in [0.25, 0.3) is 0 Å². The number of rotatable bonds is 3. The molecule has 4 heteroatoms. The average molecular weight is 231 g/mol. The lowest BCUT2D eigenvalue weighted by molar-refractivity contribution is -0.138. The first-order valence-corrected chi connectivity index (χ1v) is 4.98. The highest BCUT2D eigenvalue weighted by Crippen LogP contribution is 2.33. The van der Waals surface area contributed by atoms with Crippen molar-refractivity contribution in [3.8, 4) is 0 Å². The molecule has 0 fully saturated rings. The van der Waals surface area contributed by atoms with E-state index in [1.807, 2.05) is 0 Å². The molecule has 0 saturated carbocycles. The van der Waals surface area contributed by atoms with E-state index in [0.717, 1.165) is 0 Å². The van der Waals surface area contributed by atoms with E-state index in [9.17, 15) is 9.18 Å². The van der Waals surface area contributed by atoms with Gasteiger partial charge in [-0.25, -0.2) is 4.39 Å². The summed E-state index contributed by atoms with van der Waals surface area (Å²) in [7, 11) is 0. The number of benzene rings is 1. The molecule has 0 amide bonds. The van der Waals surface area contributed by atoms with Crippen molar-refractivity contribution in [1.29, 1.82) is 0 Å². The van der Waals surface area contributed by atoms with Crippen LogP contribution in [0.5, 0.6) is 0 Å². The van der Waals surface area contributed by atoms with Crippen LogP contribution in [0.4, 0.5) is 4.39 Å². The number of alkyl halides is 1. The topological polar surface area (TPSA) is 37.3 Å². The molecule has 0 bridgehead atoms. The van der Waals surface area contributed by atoms with Gasteiger partial charge in [0.1, 0.15) is 6.17 Å². The largest absolute Gasteiger partial charge is 0.481 e. The van der Waals surface area contributed by atoms with E-state index in [4.69, 9.17) is 16.7 Å². The summed E-state index contributed by atoms with van der Waals surface area (Å²) in [6.07, 6.45) is -1.27. The SMILES string of the molecule is CC(F)c1c(Cl)cccc1C(C)C(=O)O. The minimum Gasteiger partial charge on any atom is -0.481 e. The first-order valence-electron chi connectivity index (χ1n) is 4.60. The smallest absolute Gasteiger partial charge is 0.310 e. The summed E-state index contributed by atoms with van der Waals surface area (Å²) in [6, 6.07) is 4.78. The van der Waals surface area contributed by atoms with Crippen LogP contribution in [0.3, 0.4) is 0 Å². The van der Waals surface area contributed by atoms with E-state index < -0.39 is 18.1 Å². The molecule has 0 aromatic heterocycles. The van der Waals surface area contributed by atoms with Crippen molar-refractivity contribution < 1.29 is 14.3 Å². The molecular weight excluding hydrogens is 219 g/mol. The molecule has 0 saturated heterocycles. The summed E-state index contributed by atoms with van der Waals surface area (Å²) in [5, 5.41) is 9.14. The molecule has 15 heavy (non-hydrogen) atoms. The standard InChI is InChI=1S/C11H12ClFO2/c1-6(11(14)15)8-4-3-5-9(12)10(8)7(2)13/h3-7H,1-2H3,(H,14,15). The summed E-state index contributed by atoms with van der Waals surface area (Å²) in [6.45, 7) is 2.86. The van der Waals surface area contributed by atoms with Crippen LogP contribution in [0.15, 0.2) is 18.2 Å². The maximum Gasteiger partial charge on any atom is 0.310 e. The maximum absolute atomic E-state index is 13.3. The van der Waals surface area contributed by atoms with E-state index in [1.165, 1.54) is 13.8 Å². The van der Waals surface area contributed by atoms with Crippen LogP contribution in [0.2, 0.25) is 5.02 Å². The Labute approximate surface area is 92.7 Å². The minimum atomic E-state index is -1.27. The van der Waals surface area contributed by atoms with Gasteiger partial charge < -0.3 is 5.11 Å². The van der Waals surface area contributed by atoms with E-state index in [1.54, 1.807) is 18.2 Å². The molecule has 0 heterocycles. The van der Waals surface area contributed by atoms with Crippen LogP contribution in [0, 0.1) is 0 Å². The van der Waals surface area contributed by atoms with Gasteiger partial charge in [0.15, 0.2) is 0 Å². The normalized spacial score (nSPS) is 14.7. The van der Waals surface area contributed by atoms with E-state index in [2.05, 4.69) is 0 Å². The third-order valence-electron chi connectivity index (χ3n) is 2.32. The highest BCUT2D eigenvalue weighted by atomic mass is 35.5. The number of hydrogen-bond acceptors (Lipinski definition) is 1. The molecule has 2 nitrogen and oxygen atoms in total. The average Bonchev–Trinajstić information content (AvgIpc) is 2.15. The van der Waals surface area contributed by atoms with Crippen LogP contribution in [0.1, 0.15) is 37.1 Å². The van der Waals surface area contributed by atoms with Gasteiger partial charge in [0, 0.05) is 10.6 Å². The molecule has 82 valence electrons. The van der Waals surface area contributed by atoms with Crippen molar-refractivity contribution in [2.75, 3.05) is 0 Å². The van der Waals surface area contributed by atoms with Crippen molar-refractivity contribution in [2.24, 2.45) is 0 Å². The number of aliphatic carboxylic acids is 1. The fraction of sp³-hybridized carbons (Fsp3) is 0.364. The van der Waals surface area contributed by atoms with Crippen LogP contribution in [-0.2, 0) is 4.79 Å². The second-order valence-electron chi connectivity index (χ2n) is 3.42. The number of carboxylic acid groups (broad SMARTS) is 1. The lowest BCUT2D eigenvalue weighted by Gasteiger charge is -2.15. The van der Waals surface area contributed by atoms with Gasteiger partial charge >= 0.3 is 5.97 Å². The fourth-order valence-electron chi connectivity index (χ4n) is 1.48. The number of carboxylic acids is 1. The molecule has 1 aromatic carbocycles. The zero-order valence-electron chi connectivity index (χ0n) is 8.50. The summed E-state index contributed by atoms with van der Waals surface area (Å²) < 4.78 is 13.3. The molecule has 1 N–H and O–H groups in total. The van der Waals surface area contributed by atoms with E-state index >= 15 is 0 Å². The summed E-state index contributed by atoms with van der Waals surface area (Å²) in [4.78, 5) is 10.8. The van der Waals surface area contributed by atoms with Crippen molar-refractivity contribution >= 4 is 17.6 Å². The van der Waals surface area contributed by atoms with Crippen molar-refractivity contribution in [2.45, 2.75) is 25.9 Å². The Balaban J connectivity index is 3.28. The summed E-state index contributed by atoms with van der Waals surface area (Å²) >= 11 is 5.84. The van der Waals surface area contributed by atoms with Gasteiger partial charge in [-0.3, -0.25) is 4.79 Å². The quantitative estimate of drug-likeness (QED) is 0.862. The lowest BCUT2D eigenvalue weighted by Crippen LogP contribution is -2.10.